The normalized spacial score (nSPS) is 10.1. The lowest BCUT2D eigenvalue weighted by molar-refractivity contribution is -0.124. The zero-order valence-electron chi connectivity index (χ0n) is 15.1. The molecule has 0 saturated heterocycles. The molecule has 2 rings (SSSR count). The average molecular weight is 386 g/mol. The van der Waals surface area contributed by atoms with Crippen molar-refractivity contribution in [1.82, 2.24) is 5.32 Å². The summed E-state index contributed by atoms with van der Waals surface area (Å²) in [6, 6.07) is 16.3. The van der Waals surface area contributed by atoms with Crippen LogP contribution in [0.25, 0.3) is 0 Å². The Morgan fingerprint density at radius 2 is 1.70 bits per heavy atom. The monoisotopic (exact) mass is 386 g/mol. The van der Waals surface area contributed by atoms with Crippen LogP contribution in [-0.4, -0.2) is 36.7 Å². The fourth-order valence-corrected chi connectivity index (χ4v) is 3.04. The second-order valence-electron chi connectivity index (χ2n) is 5.70. The molecule has 6 nitrogen and oxygen atoms in total. The molecular weight excluding hydrogens is 364 g/mol. The molecule has 0 bridgehead atoms. The molecule has 27 heavy (non-hydrogen) atoms. The van der Waals surface area contributed by atoms with E-state index in [2.05, 4.69) is 10.6 Å². The molecule has 0 aliphatic heterocycles. The van der Waals surface area contributed by atoms with Crippen LogP contribution in [0, 0.1) is 0 Å². The van der Waals surface area contributed by atoms with E-state index in [1.807, 2.05) is 30.3 Å². The van der Waals surface area contributed by atoms with Gasteiger partial charge in [-0.05, 0) is 48.6 Å². The van der Waals surface area contributed by atoms with E-state index in [4.69, 9.17) is 4.74 Å². The van der Waals surface area contributed by atoms with Gasteiger partial charge in [-0.2, -0.15) is 0 Å². The molecule has 0 heterocycles. The van der Waals surface area contributed by atoms with Gasteiger partial charge in [-0.3, -0.25) is 9.59 Å². The molecule has 2 aromatic carbocycles. The van der Waals surface area contributed by atoms with Gasteiger partial charge in [0.25, 0.3) is 5.91 Å². The molecule has 0 spiro atoms. The first-order valence-corrected chi connectivity index (χ1v) is 9.52. The minimum absolute atomic E-state index is 0.191. The maximum absolute atomic E-state index is 11.9. The molecule has 0 atom stereocenters. The molecular formula is C20H22N2O4S. The summed E-state index contributed by atoms with van der Waals surface area (Å²) in [6.45, 7) is 1.61. The van der Waals surface area contributed by atoms with Gasteiger partial charge in [-0.25, -0.2) is 4.79 Å². The van der Waals surface area contributed by atoms with Crippen LogP contribution < -0.4 is 10.6 Å². The molecule has 142 valence electrons. The van der Waals surface area contributed by atoms with Gasteiger partial charge in [0.15, 0.2) is 6.61 Å². The lowest BCUT2D eigenvalue weighted by Gasteiger charge is -2.07. The summed E-state index contributed by atoms with van der Waals surface area (Å²) >= 11 is 1.73. The van der Waals surface area contributed by atoms with Gasteiger partial charge in [-0.15, -0.1) is 11.8 Å². The van der Waals surface area contributed by atoms with Crippen molar-refractivity contribution < 1.29 is 19.1 Å². The molecule has 7 heteroatoms. The van der Waals surface area contributed by atoms with Crippen LogP contribution in [0.15, 0.2) is 59.5 Å². The van der Waals surface area contributed by atoms with E-state index in [0.717, 1.165) is 12.2 Å². The van der Waals surface area contributed by atoms with Gasteiger partial charge in [0.1, 0.15) is 0 Å². The largest absolute Gasteiger partial charge is 0.452 e. The van der Waals surface area contributed by atoms with Gasteiger partial charge >= 0.3 is 5.97 Å². The smallest absolute Gasteiger partial charge is 0.338 e. The first-order valence-electron chi connectivity index (χ1n) is 8.54. The lowest BCUT2D eigenvalue weighted by Crippen LogP contribution is -2.29. The van der Waals surface area contributed by atoms with Gasteiger partial charge in [0, 0.05) is 24.1 Å². The Bertz CT molecular complexity index is 763. The standard InChI is InChI=1S/C20H22N2O4S/c1-15(23)22-17-10-8-16(9-11-17)20(25)26-14-19(24)21-12-5-13-27-18-6-3-2-4-7-18/h2-4,6-11H,5,12-14H2,1H3,(H,21,24)(H,22,23). The number of carbonyl (C=O) groups is 3. The molecule has 2 N–H and O–H groups in total. The Labute approximate surface area is 162 Å². The first-order chi connectivity index (χ1) is 13.0. The third-order valence-corrected chi connectivity index (χ3v) is 4.53. The molecule has 2 amide bonds. The number of amides is 2. The number of esters is 1. The highest BCUT2D eigenvalue weighted by Gasteiger charge is 2.10. The second kappa shape index (κ2) is 11.0. The van der Waals surface area contributed by atoms with Crippen LogP contribution in [0.3, 0.4) is 0 Å². The van der Waals surface area contributed by atoms with E-state index in [1.165, 1.54) is 24.0 Å². The highest BCUT2D eigenvalue weighted by molar-refractivity contribution is 7.99. The molecule has 0 fully saturated rings. The van der Waals surface area contributed by atoms with Crippen LogP contribution >= 0.6 is 11.8 Å². The predicted molar refractivity (Wildman–Crippen MR) is 106 cm³/mol. The molecule has 0 aliphatic rings. The van der Waals surface area contributed by atoms with Crippen LogP contribution in [0.1, 0.15) is 23.7 Å². The van der Waals surface area contributed by atoms with Gasteiger partial charge < -0.3 is 15.4 Å². The van der Waals surface area contributed by atoms with E-state index in [0.29, 0.717) is 17.8 Å². The van der Waals surface area contributed by atoms with Gasteiger partial charge in [0.2, 0.25) is 5.91 Å². The summed E-state index contributed by atoms with van der Waals surface area (Å²) in [5.74, 6) is -0.212. The zero-order chi connectivity index (χ0) is 19.5. The number of carbonyl (C=O) groups excluding carboxylic acids is 3. The third kappa shape index (κ3) is 7.96. The Kier molecular flexibility index (Phi) is 8.38. The molecule has 0 aromatic heterocycles. The maximum Gasteiger partial charge on any atom is 0.338 e. The van der Waals surface area contributed by atoms with Crippen molar-refractivity contribution in [3.63, 3.8) is 0 Å². The van der Waals surface area contributed by atoms with Gasteiger partial charge in [0.05, 0.1) is 5.56 Å². The predicted octanol–water partition coefficient (Wildman–Crippen LogP) is 3.10. The highest BCUT2D eigenvalue weighted by atomic mass is 32.2. The number of benzene rings is 2. The van der Waals surface area contributed by atoms with Gasteiger partial charge in [-0.1, -0.05) is 18.2 Å². The SMILES string of the molecule is CC(=O)Nc1ccc(C(=O)OCC(=O)NCCCSc2ccccc2)cc1. The number of thioether (sulfide) groups is 1. The van der Waals surface area contributed by atoms with Crippen molar-refractivity contribution in [3.8, 4) is 0 Å². The molecule has 0 aliphatic carbocycles. The Morgan fingerprint density at radius 1 is 1.00 bits per heavy atom. The van der Waals surface area contributed by atoms with Crippen molar-refractivity contribution in [1.29, 1.82) is 0 Å². The summed E-state index contributed by atoms with van der Waals surface area (Å²) in [7, 11) is 0. The third-order valence-electron chi connectivity index (χ3n) is 3.43. The fourth-order valence-electron chi connectivity index (χ4n) is 2.17. The van der Waals surface area contributed by atoms with E-state index in [9.17, 15) is 14.4 Å². The van der Waals surface area contributed by atoms with E-state index < -0.39 is 5.97 Å². The first kappa shape index (κ1) is 20.5. The highest BCUT2D eigenvalue weighted by Crippen LogP contribution is 2.17. The molecule has 2 aromatic rings. The van der Waals surface area contributed by atoms with Crippen molar-refractivity contribution >= 4 is 35.2 Å². The Morgan fingerprint density at radius 3 is 2.37 bits per heavy atom. The van der Waals surface area contributed by atoms with Crippen LogP contribution in [-0.2, 0) is 14.3 Å². The number of rotatable bonds is 9. The number of anilines is 1. The van der Waals surface area contributed by atoms with Crippen molar-refractivity contribution in [3.05, 3.63) is 60.2 Å². The summed E-state index contributed by atoms with van der Waals surface area (Å²) < 4.78 is 4.99. The maximum atomic E-state index is 11.9. The number of hydrogen-bond donors (Lipinski definition) is 2. The summed E-state index contributed by atoms with van der Waals surface area (Å²) in [4.78, 5) is 35.8. The molecule has 0 radical (unpaired) electrons. The summed E-state index contributed by atoms with van der Waals surface area (Å²) in [5, 5.41) is 5.34. The summed E-state index contributed by atoms with van der Waals surface area (Å²) in [6.07, 6.45) is 0.823. The van der Waals surface area contributed by atoms with Crippen LogP contribution in [0.4, 0.5) is 5.69 Å². The van der Waals surface area contributed by atoms with Crippen LogP contribution in [0.2, 0.25) is 0 Å². The van der Waals surface area contributed by atoms with Crippen molar-refractivity contribution in [2.24, 2.45) is 0 Å². The zero-order valence-corrected chi connectivity index (χ0v) is 15.9. The second-order valence-corrected chi connectivity index (χ2v) is 6.87. The van der Waals surface area contributed by atoms with Crippen molar-refractivity contribution in [2.75, 3.05) is 24.2 Å². The Balaban J connectivity index is 1.61. The van der Waals surface area contributed by atoms with E-state index in [1.54, 1.807) is 23.9 Å². The minimum atomic E-state index is -0.584. The lowest BCUT2D eigenvalue weighted by atomic mass is 10.2. The Hall–Kier alpha value is -2.80. The average Bonchev–Trinajstić information content (AvgIpc) is 2.67. The van der Waals surface area contributed by atoms with Crippen LogP contribution in [0.5, 0.6) is 0 Å². The van der Waals surface area contributed by atoms with E-state index >= 15 is 0 Å². The van der Waals surface area contributed by atoms with Crippen molar-refractivity contribution in [2.45, 2.75) is 18.2 Å². The fraction of sp³-hybridized carbons (Fsp3) is 0.250. The number of hydrogen-bond acceptors (Lipinski definition) is 5. The summed E-state index contributed by atoms with van der Waals surface area (Å²) in [5.41, 5.74) is 0.904. The molecule has 0 unspecified atom stereocenters. The number of nitrogens with one attached hydrogen (secondary N) is 2. The number of ether oxygens (including phenoxy) is 1. The molecule has 0 saturated carbocycles. The van der Waals surface area contributed by atoms with E-state index in [-0.39, 0.29) is 18.4 Å². The minimum Gasteiger partial charge on any atom is -0.452 e. The quantitative estimate of drug-likeness (QED) is 0.393. The topological polar surface area (TPSA) is 84.5 Å².